The zero-order chi connectivity index (χ0) is 15.6. The molecule has 0 atom stereocenters. The summed E-state index contributed by atoms with van der Waals surface area (Å²) in [5.41, 5.74) is -0.637. The third-order valence-corrected chi connectivity index (χ3v) is 2.53. The predicted octanol–water partition coefficient (Wildman–Crippen LogP) is 0.843. The first-order chi connectivity index (χ1) is 9.79. The predicted molar refractivity (Wildman–Crippen MR) is 72.0 cm³/mol. The zero-order valence-corrected chi connectivity index (χ0v) is 11.7. The number of hydrogen-bond acceptors (Lipinski definition) is 6. The largest absolute Gasteiger partial charge is 0.476 e. The Balaban J connectivity index is 2.23. The Bertz CT molecular complexity index is 688. The fourth-order valence-electron chi connectivity index (χ4n) is 1.45. The molecule has 0 aromatic carbocycles. The summed E-state index contributed by atoms with van der Waals surface area (Å²) in [5, 5.41) is 17.8. The van der Waals surface area contributed by atoms with Gasteiger partial charge in [0.05, 0.1) is 0 Å². The van der Waals surface area contributed by atoms with Crippen molar-refractivity contribution in [3.63, 3.8) is 0 Å². The lowest BCUT2D eigenvalue weighted by Gasteiger charge is -2.12. The van der Waals surface area contributed by atoms with Crippen LogP contribution in [-0.4, -0.2) is 42.1 Å². The van der Waals surface area contributed by atoms with Crippen molar-refractivity contribution in [2.75, 3.05) is 5.32 Å². The van der Waals surface area contributed by atoms with Crippen molar-refractivity contribution in [1.82, 2.24) is 25.1 Å². The highest BCUT2D eigenvalue weighted by molar-refractivity contribution is 6.04. The second-order valence-electron chi connectivity index (χ2n) is 5.27. The first-order valence-corrected chi connectivity index (χ1v) is 6.07. The molecule has 0 aliphatic rings. The summed E-state index contributed by atoms with van der Waals surface area (Å²) >= 11 is 0. The van der Waals surface area contributed by atoms with Gasteiger partial charge in [0.25, 0.3) is 5.91 Å². The van der Waals surface area contributed by atoms with E-state index in [9.17, 15) is 9.59 Å². The van der Waals surface area contributed by atoms with Crippen LogP contribution in [0.4, 0.5) is 5.82 Å². The summed E-state index contributed by atoms with van der Waals surface area (Å²) in [5.74, 6) is -1.65. The number of aromatic amines is 1. The van der Waals surface area contributed by atoms with Gasteiger partial charge in [0.15, 0.2) is 11.5 Å². The molecule has 3 N–H and O–H groups in total. The van der Waals surface area contributed by atoms with Crippen molar-refractivity contribution in [1.29, 1.82) is 0 Å². The Kier molecular flexibility index (Phi) is 3.66. The maximum Gasteiger partial charge on any atom is 0.358 e. The lowest BCUT2D eigenvalue weighted by molar-refractivity contribution is 0.0691. The normalized spacial score (nSPS) is 11.2. The molecule has 2 aromatic rings. The van der Waals surface area contributed by atoms with Gasteiger partial charge < -0.3 is 10.4 Å². The van der Waals surface area contributed by atoms with E-state index in [0.29, 0.717) is 5.82 Å². The van der Waals surface area contributed by atoms with Gasteiger partial charge in [-0.2, -0.15) is 0 Å². The molecule has 9 nitrogen and oxygen atoms in total. The number of carboxylic acids is 1. The maximum atomic E-state index is 12.0. The second kappa shape index (κ2) is 5.27. The minimum atomic E-state index is -1.29. The fourth-order valence-corrected chi connectivity index (χ4v) is 1.45. The molecule has 0 aliphatic heterocycles. The minimum absolute atomic E-state index is 0.0954. The average Bonchev–Trinajstić information content (AvgIpc) is 2.88. The van der Waals surface area contributed by atoms with Crippen LogP contribution in [0.5, 0.6) is 0 Å². The standard InChI is InChI=1S/C12H14N6O3/c1-12(2,3)11-16-8(17-18-11)9(19)15-7-6(10(20)21)13-4-5-14-7/h4-5H,1-3H3,(H,20,21)(H,14,15,19)(H,16,17,18). The van der Waals surface area contributed by atoms with E-state index in [0.717, 1.165) is 0 Å². The smallest absolute Gasteiger partial charge is 0.358 e. The highest BCUT2D eigenvalue weighted by Crippen LogP contribution is 2.17. The number of H-pyrrole nitrogens is 1. The van der Waals surface area contributed by atoms with E-state index in [2.05, 4.69) is 30.5 Å². The van der Waals surface area contributed by atoms with Crippen LogP contribution in [0.2, 0.25) is 0 Å². The molecule has 2 heterocycles. The summed E-state index contributed by atoms with van der Waals surface area (Å²) in [7, 11) is 0. The van der Waals surface area contributed by atoms with Crippen molar-refractivity contribution in [3.8, 4) is 0 Å². The maximum absolute atomic E-state index is 12.0. The summed E-state index contributed by atoms with van der Waals surface area (Å²) in [4.78, 5) is 34.5. The van der Waals surface area contributed by atoms with Crippen LogP contribution in [0.25, 0.3) is 0 Å². The number of anilines is 1. The van der Waals surface area contributed by atoms with Crippen LogP contribution in [0, 0.1) is 0 Å². The van der Waals surface area contributed by atoms with E-state index in [1.54, 1.807) is 0 Å². The molecule has 21 heavy (non-hydrogen) atoms. The highest BCUT2D eigenvalue weighted by atomic mass is 16.4. The number of aromatic nitrogens is 5. The van der Waals surface area contributed by atoms with Gasteiger partial charge in [-0.05, 0) is 0 Å². The van der Waals surface area contributed by atoms with Crippen molar-refractivity contribution >= 4 is 17.7 Å². The van der Waals surface area contributed by atoms with Crippen LogP contribution in [0.1, 0.15) is 47.7 Å². The van der Waals surface area contributed by atoms with E-state index < -0.39 is 11.9 Å². The number of nitrogens with one attached hydrogen (secondary N) is 2. The number of carbonyl (C=O) groups is 2. The lowest BCUT2D eigenvalue weighted by Crippen LogP contribution is -2.19. The molecule has 0 saturated heterocycles. The van der Waals surface area contributed by atoms with Crippen LogP contribution in [0.15, 0.2) is 12.4 Å². The summed E-state index contributed by atoms with van der Waals surface area (Å²) in [6.07, 6.45) is 2.50. The van der Waals surface area contributed by atoms with Crippen LogP contribution < -0.4 is 5.32 Å². The van der Waals surface area contributed by atoms with Gasteiger partial charge in [-0.3, -0.25) is 9.89 Å². The van der Waals surface area contributed by atoms with Crippen molar-refractivity contribution in [2.45, 2.75) is 26.2 Å². The Morgan fingerprint density at radius 1 is 1.24 bits per heavy atom. The number of aromatic carboxylic acids is 1. The molecule has 0 aliphatic carbocycles. The van der Waals surface area contributed by atoms with E-state index in [-0.39, 0.29) is 22.8 Å². The third-order valence-electron chi connectivity index (χ3n) is 2.53. The Hall–Kier alpha value is -2.84. The highest BCUT2D eigenvalue weighted by Gasteiger charge is 2.23. The first-order valence-electron chi connectivity index (χ1n) is 6.07. The molecule has 9 heteroatoms. The van der Waals surface area contributed by atoms with Gasteiger partial charge >= 0.3 is 5.97 Å². The lowest BCUT2D eigenvalue weighted by atomic mass is 9.96. The number of rotatable bonds is 3. The Labute approximate surface area is 119 Å². The molecule has 1 amide bonds. The molecule has 0 spiro atoms. The molecule has 2 rings (SSSR count). The van der Waals surface area contributed by atoms with Crippen LogP contribution in [-0.2, 0) is 5.41 Å². The number of hydrogen-bond donors (Lipinski definition) is 3. The number of amides is 1. The quantitative estimate of drug-likeness (QED) is 0.762. The molecule has 0 bridgehead atoms. The molecule has 0 fully saturated rings. The van der Waals surface area contributed by atoms with E-state index >= 15 is 0 Å². The average molecular weight is 290 g/mol. The van der Waals surface area contributed by atoms with E-state index in [1.165, 1.54) is 12.4 Å². The zero-order valence-electron chi connectivity index (χ0n) is 11.7. The fraction of sp³-hybridized carbons (Fsp3) is 0.333. The Morgan fingerprint density at radius 3 is 2.48 bits per heavy atom. The number of nitrogens with zero attached hydrogens (tertiary/aromatic N) is 4. The van der Waals surface area contributed by atoms with Crippen LogP contribution >= 0.6 is 0 Å². The SMILES string of the molecule is CC(C)(C)c1nc(C(=O)Nc2nccnc2C(=O)O)n[nH]1. The molecule has 110 valence electrons. The topological polar surface area (TPSA) is 134 Å². The Morgan fingerprint density at radius 2 is 1.90 bits per heavy atom. The summed E-state index contributed by atoms with van der Waals surface area (Å²) in [6.45, 7) is 5.75. The molecule has 2 aromatic heterocycles. The van der Waals surface area contributed by atoms with E-state index in [4.69, 9.17) is 5.11 Å². The van der Waals surface area contributed by atoms with Gasteiger partial charge in [0.2, 0.25) is 5.82 Å². The minimum Gasteiger partial charge on any atom is -0.476 e. The molecule has 0 unspecified atom stereocenters. The van der Waals surface area contributed by atoms with Crippen molar-refractivity contribution in [2.24, 2.45) is 0 Å². The first kappa shape index (κ1) is 14.6. The number of carboxylic acid groups (broad SMARTS) is 1. The van der Waals surface area contributed by atoms with Crippen molar-refractivity contribution in [3.05, 3.63) is 29.7 Å². The van der Waals surface area contributed by atoms with Crippen LogP contribution in [0.3, 0.4) is 0 Å². The monoisotopic (exact) mass is 290 g/mol. The molecule has 0 saturated carbocycles. The van der Waals surface area contributed by atoms with Gasteiger partial charge in [0, 0.05) is 17.8 Å². The van der Waals surface area contributed by atoms with Gasteiger partial charge in [-0.25, -0.2) is 19.7 Å². The summed E-state index contributed by atoms with van der Waals surface area (Å²) in [6, 6.07) is 0. The van der Waals surface area contributed by atoms with Gasteiger partial charge in [-0.15, -0.1) is 5.10 Å². The molecular formula is C12H14N6O3. The van der Waals surface area contributed by atoms with E-state index in [1.807, 2.05) is 20.8 Å². The third kappa shape index (κ3) is 3.19. The molecule has 0 radical (unpaired) electrons. The number of carbonyl (C=O) groups excluding carboxylic acids is 1. The molecular weight excluding hydrogens is 276 g/mol. The van der Waals surface area contributed by atoms with Gasteiger partial charge in [0.1, 0.15) is 5.82 Å². The second-order valence-corrected chi connectivity index (χ2v) is 5.27. The van der Waals surface area contributed by atoms with Crippen molar-refractivity contribution < 1.29 is 14.7 Å². The summed E-state index contributed by atoms with van der Waals surface area (Å²) < 4.78 is 0. The van der Waals surface area contributed by atoms with Gasteiger partial charge in [-0.1, -0.05) is 20.8 Å².